The maximum Gasteiger partial charge on any atom is 0.304 e. The van der Waals surface area contributed by atoms with Crippen LogP contribution in [0.25, 0.3) is 0 Å². The molecule has 16 heavy (non-hydrogen) atoms. The lowest BCUT2D eigenvalue weighted by Gasteiger charge is -2.10. The second kappa shape index (κ2) is 4.65. The van der Waals surface area contributed by atoms with Crippen LogP contribution in [0.1, 0.15) is 20.3 Å². The summed E-state index contributed by atoms with van der Waals surface area (Å²) in [7, 11) is -3.96. The maximum absolute atomic E-state index is 12.0. The molecule has 1 atom stereocenters. The summed E-state index contributed by atoms with van der Waals surface area (Å²) in [5.74, 6) is -1.31. The Morgan fingerprint density at radius 3 is 2.38 bits per heavy atom. The van der Waals surface area contributed by atoms with E-state index >= 15 is 0 Å². The first kappa shape index (κ1) is 11.1. The van der Waals surface area contributed by atoms with E-state index in [1.807, 2.05) is 6.92 Å². The summed E-state index contributed by atoms with van der Waals surface area (Å²) in [6.45, 7) is 2.91. The first-order valence-corrected chi connectivity index (χ1v) is 6.18. The highest BCUT2D eigenvalue weighted by Gasteiger charge is 2.25. The van der Waals surface area contributed by atoms with Gasteiger partial charge in [-0.15, -0.1) is 0 Å². The predicted octanol–water partition coefficient (Wildman–Crippen LogP) is 1.63. The van der Waals surface area contributed by atoms with Crippen molar-refractivity contribution in [3.05, 3.63) is 29.8 Å². The highest BCUT2D eigenvalue weighted by Crippen LogP contribution is 2.18. The minimum atomic E-state index is -3.96. The van der Waals surface area contributed by atoms with Crippen LogP contribution >= 0.6 is 0 Å². The molecule has 0 amide bonds. The molecule has 0 radical (unpaired) electrons. The third-order valence-electron chi connectivity index (χ3n) is 2.19. The maximum atomic E-state index is 12.0. The van der Waals surface area contributed by atoms with Crippen LogP contribution in [0.5, 0.6) is 0 Å². The van der Waals surface area contributed by atoms with E-state index in [9.17, 15) is 13.2 Å². The van der Waals surface area contributed by atoms with E-state index in [0.29, 0.717) is 0 Å². The molecule has 0 saturated heterocycles. The van der Waals surface area contributed by atoms with E-state index in [1.165, 1.54) is 12.1 Å². The van der Waals surface area contributed by atoms with Gasteiger partial charge in [-0.3, -0.25) is 4.79 Å². The summed E-state index contributed by atoms with van der Waals surface area (Å²) in [6.07, 6.45) is -0.747. The molecular formula is C11H14O4S. The fourth-order valence-corrected chi connectivity index (χ4v) is 2.44. The molecule has 1 aromatic rings. The van der Waals surface area contributed by atoms with Gasteiger partial charge in [0, 0.05) is 1.37 Å². The molecule has 1 aromatic carbocycles. The van der Waals surface area contributed by atoms with Crippen molar-refractivity contribution in [3.8, 4) is 0 Å². The molecule has 0 heterocycles. The standard InChI is InChI=1S/C11H14O4S/c1-8-3-5-10(6-4-8)16(14,15)9(2)7-11(12)13/h3-6,9H,7H2,1-2H3,(H,12,13)/i9D. The second-order valence-corrected chi connectivity index (χ2v) is 5.76. The lowest BCUT2D eigenvalue weighted by molar-refractivity contribution is -0.136. The SMILES string of the molecule is [2H]C(C)(CC(=O)O)S(=O)(=O)c1ccc(C)cc1. The van der Waals surface area contributed by atoms with Gasteiger partial charge in [-0.05, 0) is 26.0 Å². The van der Waals surface area contributed by atoms with Crippen molar-refractivity contribution in [2.24, 2.45) is 0 Å². The van der Waals surface area contributed by atoms with Crippen LogP contribution in [0.15, 0.2) is 29.2 Å². The number of hydrogen-bond donors (Lipinski definition) is 1. The number of benzene rings is 1. The van der Waals surface area contributed by atoms with E-state index in [2.05, 4.69) is 0 Å². The number of sulfone groups is 1. The largest absolute Gasteiger partial charge is 0.481 e. The molecular weight excluding hydrogens is 228 g/mol. The number of carbonyl (C=O) groups is 1. The van der Waals surface area contributed by atoms with Crippen LogP contribution in [0, 0.1) is 6.92 Å². The molecule has 1 N–H and O–H groups in total. The zero-order valence-electron chi connectivity index (χ0n) is 10.1. The summed E-state index contributed by atoms with van der Waals surface area (Å²) < 4.78 is 31.8. The molecule has 0 aromatic heterocycles. The molecule has 0 fully saturated rings. The van der Waals surface area contributed by atoms with Gasteiger partial charge in [0.05, 0.1) is 16.5 Å². The summed E-state index contributed by atoms with van der Waals surface area (Å²) >= 11 is 0. The van der Waals surface area contributed by atoms with E-state index in [1.54, 1.807) is 12.1 Å². The van der Waals surface area contributed by atoms with E-state index in [4.69, 9.17) is 6.48 Å². The normalized spacial score (nSPS) is 16.2. The molecule has 0 aliphatic rings. The average molecular weight is 243 g/mol. The Balaban J connectivity index is 3.19. The van der Waals surface area contributed by atoms with Crippen LogP contribution in [0.4, 0.5) is 0 Å². The quantitative estimate of drug-likeness (QED) is 0.872. The topological polar surface area (TPSA) is 71.4 Å². The van der Waals surface area contributed by atoms with Gasteiger partial charge in [-0.25, -0.2) is 8.42 Å². The van der Waals surface area contributed by atoms with Crippen LogP contribution in [-0.2, 0) is 14.6 Å². The Hall–Kier alpha value is -1.36. The molecule has 88 valence electrons. The molecule has 0 aliphatic heterocycles. The average Bonchev–Trinajstić information content (AvgIpc) is 2.16. The van der Waals surface area contributed by atoms with E-state index in [0.717, 1.165) is 12.5 Å². The minimum absolute atomic E-state index is 0.0261. The van der Waals surface area contributed by atoms with E-state index in [-0.39, 0.29) is 4.90 Å². The van der Waals surface area contributed by atoms with Gasteiger partial charge in [-0.1, -0.05) is 17.7 Å². The lowest BCUT2D eigenvalue weighted by atomic mass is 10.2. The fraction of sp³-hybridized carbons (Fsp3) is 0.364. The van der Waals surface area contributed by atoms with Crippen LogP contribution in [0.2, 0.25) is 0 Å². The smallest absolute Gasteiger partial charge is 0.304 e. The van der Waals surface area contributed by atoms with Crippen molar-refractivity contribution in [2.75, 3.05) is 0 Å². The molecule has 4 nitrogen and oxygen atoms in total. The van der Waals surface area contributed by atoms with Crippen LogP contribution < -0.4 is 0 Å². The summed E-state index contributed by atoms with van der Waals surface area (Å²) in [5.41, 5.74) is 0.897. The Morgan fingerprint density at radius 1 is 1.44 bits per heavy atom. The molecule has 5 heteroatoms. The zero-order chi connectivity index (χ0) is 13.3. The molecule has 1 unspecified atom stereocenters. The third kappa shape index (κ3) is 2.82. The highest BCUT2D eigenvalue weighted by molar-refractivity contribution is 7.92. The van der Waals surface area contributed by atoms with Gasteiger partial charge in [0.1, 0.15) is 0 Å². The summed E-state index contributed by atoms with van der Waals surface area (Å²) in [5, 5.41) is 6.56. The van der Waals surface area contributed by atoms with Gasteiger partial charge < -0.3 is 5.11 Å². The van der Waals surface area contributed by atoms with Crippen molar-refractivity contribution in [1.29, 1.82) is 0 Å². The number of hydrogen-bond acceptors (Lipinski definition) is 3. The number of carboxylic acids is 1. The third-order valence-corrected chi connectivity index (χ3v) is 4.14. The second-order valence-electron chi connectivity index (χ2n) is 3.59. The van der Waals surface area contributed by atoms with Crippen LogP contribution in [-0.4, -0.2) is 24.7 Å². The molecule has 1 rings (SSSR count). The van der Waals surface area contributed by atoms with Crippen molar-refractivity contribution in [2.45, 2.75) is 30.4 Å². The monoisotopic (exact) mass is 243 g/mol. The van der Waals surface area contributed by atoms with Gasteiger partial charge in [0.2, 0.25) is 0 Å². The Kier molecular flexibility index (Phi) is 3.24. The number of rotatable bonds is 4. The first-order chi connectivity index (χ1) is 7.67. The minimum Gasteiger partial charge on any atom is -0.481 e. The zero-order valence-corrected chi connectivity index (χ0v) is 9.91. The molecule has 0 bridgehead atoms. The van der Waals surface area contributed by atoms with Crippen LogP contribution in [0.3, 0.4) is 0 Å². The predicted molar refractivity (Wildman–Crippen MR) is 60.1 cm³/mol. The van der Waals surface area contributed by atoms with Crippen molar-refractivity contribution < 1.29 is 19.7 Å². The number of aliphatic carboxylic acids is 1. The van der Waals surface area contributed by atoms with Crippen molar-refractivity contribution in [3.63, 3.8) is 0 Å². The Labute approximate surface area is 96.2 Å². The fourth-order valence-electron chi connectivity index (χ4n) is 1.23. The highest BCUT2D eigenvalue weighted by atomic mass is 32.2. The van der Waals surface area contributed by atoms with Gasteiger partial charge in [0.15, 0.2) is 9.84 Å². The molecule has 0 spiro atoms. The number of aryl methyl sites for hydroxylation is 1. The van der Waals surface area contributed by atoms with Crippen molar-refractivity contribution >= 4 is 15.8 Å². The van der Waals surface area contributed by atoms with Crippen molar-refractivity contribution in [1.82, 2.24) is 0 Å². The molecule has 0 saturated carbocycles. The first-order valence-electron chi connectivity index (χ1n) is 5.20. The van der Waals surface area contributed by atoms with E-state index < -0.39 is 27.5 Å². The summed E-state index contributed by atoms with van der Waals surface area (Å²) in [4.78, 5) is 10.5. The molecule has 0 aliphatic carbocycles. The van der Waals surface area contributed by atoms with Gasteiger partial charge in [-0.2, -0.15) is 0 Å². The summed E-state index contributed by atoms with van der Waals surface area (Å²) in [6, 6.07) is 6.01. The number of carboxylic acid groups (broad SMARTS) is 1. The Bertz CT molecular complexity index is 517. The van der Waals surface area contributed by atoms with Gasteiger partial charge >= 0.3 is 5.97 Å². The lowest BCUT2D eigenvalue weighted by Crippen LogP contribution is -2.21. The Morgan fingerprint density at radius 2 is 1.94 bits per heavy atom. The van der Waals surface area contributed by atoms with Gasteiger partial charge in [0.25, 0.3) is 0 Å².